The van der Waals surface area contributed by atoms with Crippen LogP contribution >= 0.6 is 37.5 Å². The molecule has 2 rings (SSSR count). The van der Waals surface area contributed by atoms with E-state index in [1.165, 1.54) is 10.6 Å². The topological polar surface area (TPSA) is 0 Å². The van der Waals surface area contributed by atoms with E-state index in [9.17, 15) is 0 Å². The number of benzene rings is 2. The molecular formula is C14H15Cl2NiP2. The SMILES string of the molecule is [Cl][Ni]([Cl])[CH](CPc1ccccc1)Pc1ccccc1. The van der Waals surface area contributed by atoms with Crippen molar-refractivity contribution in [3.63, 3.8) is 0 Å². The van der Waals surface area contributed by atoms with Crippen LogP contribution in [0.25, 0.3) is 0 Å². The molecule has 0 heterocycles. The Morgan fingerprint density at radius 2 is 1.37 bits per heavy atom. The van der Waals surface area contributed by atoms with E-state index in [4.69, 9.17) is 20.4 Å². The van der Waals surface area contributed by atoms with Crippen LogP contribution in [0.5, 0.6) is 0 Å². The zero-order valence-corrected chi connectivity index (χ0v) is 14.6. The van der Waals surface area contributed by atoms with Crippen molar-refractivity contribution in [3.05, 3.63) is 60.7 Å². The van der Waals surface area contributed by atoms with E-state index in [0.29, 0.717) is 13.2 Å². The first kappa shape index (κ1) is 15.8. The number of halogens is 2. The van der Waals surface area contributed by atoms with Gasteiger partial charge in [-0.2, -0.15) is 0 Å². The van der Waals surface area contributed by atoms with Crippen molar-refractivity contribution in [3.8, 4) is 0 Å². The van der Waals surface area contributed by atoms with Gasteiger partial charge in [-0.05, 0) is 0 Å². The van der Waals surface area contributed by atoms with Crippen molar-refractivity contribution >= 4 is 48.2 Å². The molecule has 0 saturated carbocycles. The third kappa shape index (κ3) is 5.71. The second kappa shape index (κ2) is 8.61. The molecule has 0 nitrogen and oxygen atoms in total. The standard InChI is InChI=1S/C14H15P2.2ClH.Ni/c1-3-7-13(8-4-1)15-11-12-16-14-9-5-2-6-10-14;;;/h1-11,15-16H,12H2;2*1H;/q;;;+2/p-2. The summed E-state index contributed by atoms with van der Waals surface area (Å²) in [5.74, 6) is 0. The van der Waals surface area contributed by atoms with Gasteiger partial charge in [0.15, 0.2) is 0 Å². The molecule has 0 spiro atoms. The third-order valence-electron chi connectivity index (χ3n) is 2.50. The molecule has 0 N–H and O–H groups in total. The summed E-state index contributed by atoms with van der Waals surface area (Å²) < 4.78 is 0.379. The molecule has 0 aromatic heterocycles. The van der Waals surface area contributed by atoms with E-state index in [1.807, 2.05) is 12.1 Å². The van der Waals surface area contributed by atoms with Crippen molar-refractivity contribution in [1.29, 1.82) is 0 Å². The van der Waals surface area contributed by atoms with Crippen molar-refractivity contribution < 1.29 is 11.6 Å². The van der Waals surface area contributed by atoms with E-state index in [0.717, 1.165) is 14.7 Å². The van der Waals surface area contributed by atoms with Crippen LogP contribution in [0.1, 0.15) is 0 Å². The molecule has 2 aromatic carbocycles. The number of hydrogen-bond donors (Lipinski definition) is 0. The van der Waals surface area contributed by atoms with Gasteiger partial charge in [-0.25, -0.2) is 0 Å². The zero-order valence-electron chi connectivity index (χ0n) is 10.1. The fourth-order valence-electron chi connectivity index (χ4n) is 1.60. The normalized spacial score (nSPS) is 14.3. The molecule has 5 heteroatoms. The van der Waals surface area contributed by atoms with Crippen LogP contribution in [0, 0.1) is 0 Å². The fraction of sp³-hybridized carbons (Fsp3) is 0.143. The maximum atomic E-state index is 6.18. The van der Waals surface area contributed by atoms with Crippen molar-refractivity contribution in [2.45, 2.75) is 4.63 Å². The molecular weight excluding hydrogens is 360 g/mol. The first-order valence-electron chi connectivity index (χ1n) is 5.79. The molecule has 0 radical (unpaired) electrons. The van der Waals surface area contributed by atoms with Gasteiger partial charge >= 0.3 is 131 Å². The van der Waals surface area contributed by atoms with Gasteiger partial charge in [0.2, 0.25) is 0 Å². The first-order chi connectivity index (χ1) is 9.25. The van der Waals surface area contributed by atoms with Gasteiger partial charge in [0.25, 0.3) is 0 Å². The Balaban J connectivity index is 1.93. The summed E-state index contributed by atoms with van der Waals surface area (Å²) in [7, 11) is 13.8. The monoisotopic (exact) mass is 373 g/mol. The molecule has 2 aromatic rings. The Morgan fingerprint density at radius 3 is 1.89 bits per heavy atom. The summed E-state index contributed by atoms with van der Waals surface area (Å²) in [6.45, 7) is 0. The zero-order chi connectivity index (χ0) is 13.5. The van der Waals surface area contributed by atoms with Gasteiger partial charge < -0.3 is 0 Å². The molecule has 0 bridgehead atoms. The summed E-state index contributed by atoms with van der Waals surface area (Å²) in [6, 6.07) is 21.0. The van der Waals surface area contributed by atoms with Gasteiger partial charge in [0, 0.05) is 0 Å². The molecule has 105 valence electrons. The summed E-state index contributed by atoms with van der Waals surface area (Å²) >= 11 is -0.697. The molecule has 0 aliphatic carbocycles. The predicted octanol–water partition coefficient (Wildman–Crippen LogP) is 4.25. The van der Waals surface area contributed by atoms with Crippen LogP contribution in [0.15, 0.2) is 60.7 Å². The molecule has 0 fully saturated rings. The van der Waals surface area contributed by atoms with Crippen LogP contribution in [-0.4, -0.2) is 10.8 Å². The Morgan fingerprint density at radius 1 is 0.842 bits per heavy atom. The molecule has 0 aliphatic heterocycles. The van der Waals surface area contributed by atoms with Crippen LogP contribution < -0.4 is 10.6 Å². The average Bonchev–Trinajstić information content (AvgIpc) is 2.45. The molecule has 3 unspecified atom stereocenters. The van der Waals surface area contributed by atoms with Gasteiger partial charge in [0.1, 0.15) is 0 Å². The van der Waals surface area contributed by atoms with Crippen LogP contribution in [0.2, 0.25) is 0 Å². The van der Waals surface area contributed by atoms with E-state index in [2.05, 4.69) is 48.5 Å². The van der Waals surface area contributed by atoms with Gasteiger partial charge in [-0.1, -0.05) is 0 Å². The molecule has 0 saturated heterocycles. The van der Waals surface area contributed by atoms with Gasteiger partial charge in [-0.3, -0.25) is 0 Å². The van der Waals surface area contributed by atoms with Gasteiger partial charge in [0.05, 0.1) is 0 Å². The minimum absolute atomic E-state index is 0.379. The quantitative estimate of drug-likeness (QED) is 0.524. The van der Waals surface area contributed by atoms with E-state index < -0.39 is 11.6 Å². The molecule has 3 atom stereocenters. The predicted molar refractivity (Wildman–Crippen MR) is 89.1 cm³/mol. The average molecular weight is 375 g/mol. The van der Waals surface area contributed by atoms with E-state index >= 15 is 0 Å². The Kier molecular flexibility index (Phi) is 7.14. The molecule has 19 heavy (non-hydrogen) atoms. The molecule has 0 amide bonds. The third-order valence-corrected chi connectivity index (χ3v) is 9.99. The Bertz CT molecular complexity index is 479. The summed E-state index contributed by atoms with van der Waals surface area (Å²) in [5.41, 5.74) is 0. The first-order valence-corrected chi connectivity index (χ1v) is 11.4. The second-order valence-electron chi connectivity index (χ2n) is 3.86. The Hall–Kier alpha value is 0.374. The van der Waals surface area contributed by atoms with E-state index in [1.54, 1.807) is 0 Å². The second-order valence-corrected chi connectivity index (χ2v) is 11.1. The van der Waals surface area contributed by atoms with Crippen molar-refractivity contribution in [2.75, 3.05) is 6.16 Å². The fourth-order valence-corrected chi connectivity index (χ4v) is 7.67. The van der Waals surface area contributed by atoms with Crippen LogP contribution in [0.4, 0.5) is 0 Å². The van der Waals surface area contributed by atoms with Crippen molar-refractivity contribution in [2.24, 2.45) is 0 Å². The molecule has 0 aliphatic rings. The van der Waals surface area contributed by atoms with Crippen LogP contribution in [-0.2, 0) is 11.6 Å². The summed E-state index contributed by atoms with van der Waals surface area (Å²) in [5, 5.41) is 2.72. The number of rotatable bonds is 6. The number of hydrogen-bond acceptors (Lipinski definition) is 0. The van der Waals surface area contributed by atoms with Gasteiger partial charge in [-0.15, -0.1) is 0 Å². The maximum absolute atomic E-state index is 6.18. The minimum atomic E-state index is -0.697. The van der Waals surface area contributed by atoms with Crippen molar-refractivity contribution in [1.82, 2.24) is 0 Å². The Labute approximate surface area is 131 Å². The summed E-state index contributed by atoms with van der Waals surface area (Å²) in [6.07, 6.45) is 1.07. The van der Waals surface area contributed by atoms with E-state index in [-0.39, 0.29) is 0 Å². The summed E-state index contributed by atoms with van der Waals surface area (Å²) in [4.78, 5) is 0. The van der Waals surface area contributed by atoms with Crippen LogP contribution in [0.3, 0.4) is 0 Å².